The average molecular weight is 283 g/mol. The first kappa shape index (κ1) is 13.7. The number of hydrogen-bond acceptors (Lipinski definition) is 5. The summed E-state index contributed by atoms with van der Waals surface area (Å²) in [5.41, 5.74) is 1.32. The second-order valence-corrected chi connectivity index (χ2v) is 4.37. The lowest BCUT2D eigenvalue weighted by Crippen LogP contribution is -2.08. The molecule has 2 aromatic heterocycles. The molecule has 0 aliphatic heterocycles. The fourth-order valence-electron chi connectivity index (χ4n) is 1.84. The van der Waals surface area contributed by atoms with Gasteiger partial charge in [-0.1, -0.05) is 0 Å². The van der Waals surface area contributed by atoms with Crippen LogP contribution in [-0.2, 0) is 18.2 Å². The molecule has 0 N–H and O–H groups in total. The Kier molecular flexibility index (Phi) is 4.31. The normalized spacial score (nSPS) is 10.9. The van der Waals surface area contributed by atoms with Gasteiger partial charge in [-0.05, 0) is 13.3 Å². The quantitative estimate of drug-likeness (QED) is 0.617. The molecule has 2 aromatic rings. The summed E-state index contributed by atoms with van der Waals surface area (Å²) in [5, 5.41) is 0. The van der Waals surface area contributed by atoms with Crippen LogP contribution < -0.4 is 0 Å². The lowest BCUT2D eigenvalue weighted by molar-refractivity contribution is 0.0521. The molecule has 0 aromatic carbocycles. The summed E-state index contributed by atoms with van der Waals surface area (Å²) in [6.07, 6.45) is 2.90. The SMILES string of the molecule is CCOC(=O)c1ncnc2c1nc(CCCCl)n2C. The highest BCUT2D eigenvalue weighted by Gasteiger charge is 2.19. The molecule has 2 rings (SSSR count). The van der Waals surface area contributed by atoms with Gasteiger partial charge in [-0.15, -0.1) is 11.6 Å². The van der Waals surface area contributed by atoms with Crippen LogP contribution in [0.3, 0.4) is 0 Å². The standard InChI is InChI=1S/C12H15ClN4O2/c1-3-19-12(18)10-9-11(15-7-14-10)17(2)8(16-9)5-4-6-13/h7H,3-6H2,1-2H3. The van der Waals surface area contributed by atoms with Gasteiger partial charge in [-0.3, -0.25) is 0 Å². The van der Waals surface area contributed by atoms with Gasteiger partial charge in [0, 0.05) is 19.3 Å². The molecule has 0 radical (unpaired) electrons. The van der Waals surface area contributed by atoms with E-state index < -0.39 is 5.97 Å². The minimum Gasteiger partial charge on any atom is -0.461 e. The first-order chi connectivity index (χ1) is 9.19. The smallest absolute Gasteiger partial charge is 0.359 e. The van der Waals surface area contributed by atoms with Crippen molar-refractivity contribution in [1.82, 2.24) is 19.5 Å². The zero-order valence-electron chi connectivity index (χ0n) is 10.9. The molecule has 0 aliphatic rings. The van der Waals surface area contributed by atoms with Gasteiger partial charge >= 0.3 is 5.97 Å². The number of nitrogens with zero attached hydrogens (tertiary/aromatic N) is 4. The number of aromatic nitrogens is 4. The monoisotopic (exact) mass is 282 g/mol. The summed E-state index contributed by atoms with van der Waals surface area (Å²) in [6.45, 7) is 2.05. The number of carbonyl (C=O) groups excluding carboxylic acids is 1. The van der Waals surface area contributed by atoms with Gasteiger partial charge < -0.3 is 9.30 Å². The van der Waals surface area contributed by atoms with Crippen LogP contribution in [0.25, 0.3) is 11.2 Å². The summed E-state index contributed by atoms with van der Waals surface area (Å²) >= 11 is 5.69. The Bertz CT molecular complexity index is 597. The first-order valence-electron chi connectivity index (χ1n) is 6.08. The average Bonchev–Trinajstić information content (AvgIpc) is 2.73. The molecule has 0 saturated heterocycles. The summed E-state index contributed by atoms with van der Waals surface area (Å²) in [5.74, 6) is 0.929. The van der Waals surface area contributed by atoms with Gasteiger partial charge in [0.1, 0.15) is 17.7 Å². The van der Waals surface area contributed by atoms with Gasteiger partial charge in [0.25, 0.3) is 0 Å². The Balaban J connectivity index is 2.47. The highest BCUT2D eigenvalue weighted by molar-refractivity contribution is 6.17. The predicted octanol–water partition coefficient (Wildman–Crippen LogP) is 1.71. The molecule has 0 amide bonds. The van der Waals surface area contributed by atoms with Crippen LogP contribution in [0.1, 0.15) is 29.7 Å². The van der Waals surface area contributed by atoms with Gasteiger partial charge in [-0.25, -0.2) is 19.7 Å². The molecule has 2 heterocycles. The Morgan fingerprint density at radius 3 is 2.95 bits per heavy atom. The number of fused-ring (bicyclic) bond motifs is 1. The van der Waals surface area contributed by atoms with Gasteiger partial charge in [0.2, 0.25) is 0 Å². The van der Waals surface area contributed by atoms with E-state index in [1.54, 1.807) is 6.92 Å². The Morgan fingerprint density at radius 1 is 1.47 bits per heavy atom. The molecule has 0 spiro atoms. The summed E-state index contributed by atoms with van der Waals surface area (Å²) in [4.78, 5) is 24.4. The third-order valence-electron chi connectivity index (χ3n) is 2.75. The lowest BCUT2D eigenvalue weighted by Gasteiger charge is -2.01. The van der Waals surface area contributed by atoms with E-state index in [0.717, 1.165) is 18.7 Å². The van der Waals surface area contributed by atoms with Crippen molar-refractivity contribution in [1.29, 1.82) is 0 Å². The van der Waals surface area contributed by atoms with Crippen LogP contribution in [0.4, 0.5) is 0 Å². The Labute approximate surface area is 115 Å². The molecule has 0 atom stereocenters. The Morgan fingerprint density at radius 2 is 2.26 bits per heavy atom. The van der Waals surface area contributed by atoms with Crippen molar-refractivity contribution in [3.05, 3.63) is 17.8 Å². The number of esters is 1. The maximum Gasteiger partial charge on any atom is 0.359 e. The molecule has 0 saturated carbocycles. The highest BCUT2D eigenvalue weighted by Crippen LogP contribution is 2.17. The fraction of sp³-hybridized carbons (Fsp3) is 0.500. The van der Waals surface area contributed by atoms with Crippen LogP contribution in [-0.4, -0.2) is 38.0 Å². The van der Waals surface area contributed by atoms with Gasteiger partial charge in [0.05, 0.1) is 6.61 Å². The number of halogens is 1. The van der Waals surface area contributed by atoms with Crippen LogP contribution in [0.15, 0.2) is 6.33 Å². The maximum atomic E-state index is 11.8. The van der Waals surface area contributed by atoms with E-state index in [2.05, 4.69) is 15.0 Å². The summed E-state index contributed by atoms with van der Waals surface area (Å²) in [6, 6.07) is 0. The van der Waals surface area contributed by atoms with Crippen molar-refractivity contribution in [3.8, 4) is 0 Å². The summed E-state index contributed by atoms with van der Waals surface area (Å²) in [7, 11) is 1.86. The minimum absolute atomic E-state index is 0.208. The molecule has 102 valence electrons. The minimum atomic E-state index is -0.475. The number of hydrogen-bond donors (Lipinski definition) is 0. The third kappa shape index (κ3) is 2.68. The molecule has 19 heavy (non-hydrogen) atoms. The molecule has 0 bridgehead atoms. The second-order valence-electron chi connectivity index (χ2n) is 3.99. The van der Waals surface area contributed by atoms with E-state index >= 15 is 0 Å². The molecule has 6 nitrogen and oxygen atoms in total. The van der Waals surface area contributed by atoms with E-state index in [0.29, 0.717) is 23.7 Å². The number of aryl methyl sites for hydroxylation is 2. The van der Waals surface area contributed by atoms with Crippen LogP contribution in [0, 0.1) is 0 Å². The fourth-order valence-corrected chi connectivity index (χ4v) is 1.98. The maximum absolute atomic E-state index is 11.8. The van der Waals surface area contributed by atoms with E-state index in [1.165, 1.54) is 6.33 Å². The first-order valence-corrected chi connectivity index (χ1v) is 6.61. The van der Waals surface area contributed by atoms with E-state index in [-0.39, 0.29) is 5.69 Å². The van der Waals surface area contributed by atoms with Crippen molar-refractivity contribution in [2.75, 3.05) is 12.5 Å². The van der Waals surface area contributed by atoms with E-state index in [4.69, 9.17) is 16.3 Å². The van der Waals surface area contributed by atoms with Crippen molar-refractivity contribution in [3.63, 3.8) is 0 Å². The molecule has 7 heteroatoms. The van der Waals surface area contributed by atoms with Crippen molar-refractivity contribution >= 4 is 28.7 Å². The van der Waals surface area contributed by atoms with Crippen molar-refractivity contribution in [2.45, 2.75) is 19.8 Å². The largest absolute Gasteiger partial charge is 0.461 e. The zero-order chi connectivity index (χ0) is 13.8. The number of carbonyl (C=O) groups is 1. The molecule has 0 aliphatic carbocycles. The second kappa shape index (κ2) is 5.97. The Hall–Kier alpha value is -1.69. The van der Waals surface area contributed by atoms with Crippen molar-refractivity contribution < 1.29 is 9.53 Å². The van der Waals surface area contributed by atoms with E-state index in [9.17, 15) is 4.79 Å². The molecular weight excluding hydrogens is 268 g/mol. The number of rotatable bonds is 5. The predicted molar refractivity (Wildman–Crippen MR) is 71.3 cm³/mol. The highest BCUT2D eigenvalue weighted by atomic mass is 35.5. The lowest BCUT2D eigenvalue weighted by atomic mass is 10.3. The van der Waals surface area contributed by atoms with Crippen LogP contribution >= 0.6 is 11.6 Å². The third-order valence-corrected chi connectivity index (χ3v) is 3.02. The molecular formula is C12H15ClN4O2. The topological polar surface area (TPSA) is 69.9 Å². The van der Waals surface area contributed by atoms with E-state index in [1.807, 2.05) is 11.6 Å². The zero-order valence-corrected chi connectivity index (χ0v) is 11.6. The molecule has 0 fully saturated rings. The van der Waals surface area contributed by atoms with Crippen LogP contribution in [0.5, 0.6) is 0 Å². The van der Waals surface area contributed by atoms with Gasteiger partial charge in [-0.2, -0.15) is 0 Å². The number of ether oxygens (including phenoxy) is 1. The molecule has 0 unspecified atom stereocenters. The number of alkyl halides is 1. The van der Waals surface area contributed by atoms with Gasteiger partial charge in [0.15, 0.2) is 11.3 Å². The summed E-state index contributed by atoms with van der Waals surface area (Å²) < 4.78 is 6.82. The number of imidazole rings is 1. The van der Waals surface area contributed by atoms with Crippen LogP contribution in [0.2, 0.25) is 0 Å². The van der Waals surface area contributed by atoms with Crippen molar-refractivity contribution in [2.24, 2.45) is 7.05 Å².